The summed E-state index contributed by atoms with van der Waals surface area (Å²) in [5, 5.41) is 0. The number of pyridine rings is 1. The number of ether oxygens (including phenoxy) is 2. The topological polar surface area (TPSA) is 64.9 Å². The van der Waals surface area contributed by atoms with Crippen LogP contribution in [0, 0.1) is 5.82 Å². The first-order valence-corrected chi connectivity index (χ1v) is 7.69. The van der Waals surface area contributed by atoms with Crippen molar-refractivity contribution in [1.29, 1.82) is 0 Å². The molecule has 2 aromatic heterocycles. The molecule has 1 aliphatic heterocycles. The molecule has 0 atom stereocenters. The van der Waals surface area contributed by atoms with Gasteiger partial charge in [0, 0.05) is 11.1 Å². The summed E-state index contributed by atoms with van der Waals surface area (Å²) in [6.45, 7) is 5.23. The van der Waals surface area contributed by atoms with E-state index in [0.717, 1.165) is 0 Å². The van der Waals surface area contributed by atoms with Crippen molar-refractivity contribution in [1.82, 2.24) is 14.1 Å². The summed E-state index contributed by atoms with van der Waals surface area (Å²) in [6, 6.07) is 1.39. The Kier molecular flexibility index (Phi) is 4.07. The number of fused-ring (bicyclic) bond motifs is 1. The van der Waals surface area contributed by atoms with Gasteiger partial charge in [0.2, 0.25) is 0 Å². The number of rotatable bonds is 5. The molecule has 0 saturated carbocycles. The maximum atomic E-state index is 14.1. The highest BCUT2D eigenvalue weighted by Gasteiger charge is 2.33. The summed E-state index contributed by atoms with van der Waals surface area (Å²) in [5.74, 6) is -1.01. The molecule has 1 saturated heterocycles. The van der Waals surface area contributed by atoms with Crippen molar-refractivity contribution >= 4 is 23.6 Å². The number of nitrogens with zero attached hydrogens (tertiary/aromatic N) is 2. The fourth-order valence-electron chi connectivity index (χ4n) is 2.08. The Hall–Kier alpha value is -1.64. The van der Waals surface area contributed by atoms with Gasteiger partial charge in [-0.05, 0) is 31.9 Å². The Morgan fingerprint density at radius 2 is 2.41 bits per heavy atom. The monoisotopic (exact) mass is 325 g/mol. The summed E-state index contributed by atoms with van der Waals surface area (Å²) < 4.78 is 28.9. The van der Waals surface area contributed by atoms with Gasteiger partial charge in [-0.15, -0.1) is 0 Å². The Labute approximate surface area is 131 Å². The van der Waals surface area contributed by atoms with Crippen molar-refractivity contribution in [3.05, 3.63) is 30.0 Å². The smallest absolute Gasteiger partial charge is 0.356 e. The first kappa shape index (κ1) is 15.3. The zero-order chi connectivity index (χ0) is 15.7. The van der Waals surface area contributed by atoms with Gasteiger partial charge in [-0.1, -0.05) is 0 Å². The Morgan fingerprint density at radius 1 is 1.64 bits per heavy atom. The Morgan fingerprint density at radius 3 is 3.05 bits per heavy atom. The van der Waals surface area contributed by atoms with E-state index >= 15 is 0 Å². The number of carbonyl (C=O) groups excluding carboxylic acids is 1. The number of nitrogens with one attached hydrogen (secondary N) is 1. The van der Waals surface area contributed by atoms with Crippen LogP contribution in [0.5, 0.6) is 0 Å². The second-order valence-electron chi connectivity index (χ2n) is 5.34. The lowest BCUT2D eigenvalue weighted by Crippen LogP contribution is -2.55. The molecule has 2 aromatic rings. The highest BCUT2D eigenvalue weighted by molar-refractivity contribution is 7.97. The van der Waals surface area contributed by atoms with Crippen LogP contribution in [0.3, 0.4) is 0 Å². The summed E-state index contributed by atoms with van der Waals surface area (Å²) in [5.41, 5.74) is 0.191. The average molecular weight is 325 g/mol. The highest BCUT2D eigenvalue weighted by atomic mass is 32.2. The lowest BCUT2D eigenvalue weighted by Gasteiger charge is -2.38. The fraction of sp³-hybridized carbons (Fsp3) is 0.429. The van der Waals surface area contributed by atoms with Gasteiger partial charge < -0.3 is 9.47 Å². The predicted molar refractivity (Wildman–Crippen MR) is 79.3 cm³/mol. The third-order valence-electron chi connectivity index (χ3n) is 3.28. The van der Waals surface area contributed by atoms with Crippen LogP contribution in [-0.4, -0.2) is 40.7 Å². The zero-order valence-electron chi connectivity index (χ0n) is 12.3. The summed E-state index contributed by atoms with van der Waals surface area (Å²) in [4.78, 5) is 16.4. The lowest BCUT2D eigenvalue weighted by atomic mass is 10.0. The SMILES string of the molecule is CCOC(=O)c1cnc2c(F)cc(SNC3(C)COC3)cn12. The van der Waals surface area contributed by atoms with Gasteiger partial charge in [-0.2, -0.15) is 0 Å². The lowest BCUT2D eigenvalue weighted by molar-refractivity contribution is -0.0510. The molecule has 6 nitrogen and oxygen atoms in total. The van der Waals surface area contributed by atoms with E-state index in [1.165, 1.54) is 28.6 Å². The van der Waals surface area contributed by atoms with E-state index in [0.29, 0.717) is 18.1 Å². The molecule has 0 radical (unpaired) electrons. The van der Waals surface area contributed by atoms with Crippen molar-refractivity contribution in [2.45, 2.75) is 24.3 Å². The molecule has 1 fully saturated rings. The van der Waals surface area contributed by atoms with E-state index in [2.05, 4.69) is 9.71 Å². The molecule has 8 heteroatoms. The van der Waals surface area contributed by atoms with Crippen LogP contribution in [0.15, 0.2) is 23.4 Å². The van der Waals surface area contributed by atoms with Crippen LogP contribution in [0.2, 0.25) is 0 Å². The van der Waals surface area contributed by atoms with E-state index in [1.807, 2.05) is 6.92 Å². The maximum absolute atomic E-state index is 14.1. The van der Waals surface area contributed by atoms with Crippen molar-refractivity contribution < 1.29 is 18.7 Å². The molecular formula is C14H16FN3O3S. The van der Waals surface area contributed by atoms with Crippen LogP contribution in [0.1, 0.15) is 24.3 Å². The standard InChI is InChI=1S/C14H16FN3O3S/c1-3-21-13(19)11-5-16-12-10(15)4-9(6-18(11)12)22-17-14(2)7-20-8-14/h4-6,17H,3,7-8H2,1-2H3. The normalized spacial score (nSPS) is 16.5. The molecule has 0 aromatic carbocycles. The minimum atomic E-state index is -0.524. The van der Waals surface area contributed by atoms with E-state index in [1.54, 1.807) is 13.1 Å². The molecule has 0 bridgehead atoms. The third kappa shape index (κ3) is 2.81. The molecule has 3 rings (SSSR count). The number of aromatic nitrogens is 2. The first-order chi connectivity index (χ1) is 10.5. The van der Waals surface area contributed by atoms with Crippen LogP contribution >= 0.6 is 11.9 Å². The number of carbonyl (C=O) groups is 1. The van der Waals surface area contributed by atoms with Crippen LogP contribution < -0.4 is 4.72 Å². The van der Waals surface area contributed by atoms with E-state index in [4.69, 9.17) is 9.47 Å². The number of hydrogen-bond acceptors (Lipinski definition) is 6. The van der Waals surface area contributed by atoms with Crippen LogP contribution in [0.4, 0.5) is 4.39 Å². The zero-order valence-corrected chi connectivity index (χ0v) is 13.1. The van der Waals surface area contributed by atoms with Gasteiger partial charge in [0.05, 0.1) is 31.6 Å². The van der Waals surface area contributed by atoms with Crippen molar-refractivity contribution in [3.8, 4) is 0 Å². The van der Waals surface area contributed by atoms with Gasteiger partial charge in [0.1, 0.15) is 0 Å². The quantitative estimate of drug-likeness (QED) is 0.670. The number of hydrogen-bond donors (Lipinski definition) is 1. The molecule has 0 amide bonds. The van der Waals surface area contributed by atoms with Gasteiger partial charge in [0.15, 0.2) is 17.2 Å². The maximum Gasteiger partial charge on any atom is 0.356 e. The molecular weight excluding hydrogens is 309 g/mol. The van der Waals surface area contributed by atoms with E-state index in [9.17, 15) is 9.18 Å². The Balaban J connectivity index is 1.88. The van der Waals surface area contributed by atoms with Gasteiger partial charge in [0.25, 0.3) is 0 Å². The Bertz CT molecular complexity index is 715. The minimum Gasteiger partial charge on any atom is -0.461 e. The molecule has 1 aliphatic rings. The van der Waals surface area contributed by atoms with Crippen molar-refractivity contribution in [2.24, 2.45) is 0 Å². The van der Waals surface area contributed by atoms with Crippen LogP contribution in [-0.2, 0) is 9.47 Å². The second kappa shape index (κ2) is 5.86. The molecule has 0 spiro atoms. The minimum absolute atomic E-state index is 0.102. The van der Waals surface area contributed by atoms with Gasteiger partial charge in [-0.3, -0.25) is 4.40 Å². The molecule has 22 heavy (non-hydrogen) atoms. The molecule has 3 heterocycles. The average Bonchev–Trinajstić information content (AvgIpc) is 2.88. The summed E-state index contributed by atoms with van der Waals surface area (Å²) in [6.07, 6.45) is 2.98. The van der Waals surface area contributed by atoms with Gasteiger partial charge in [-0.25, -0.2) is 18.9 Å². The third-order valence-corrected chi connectivity index (χ3v) is 4.33. The predicted octanol–water partition coefficient (Wildman–Crippen LogP) is 2.04. The summed E-state index contributed by atoms with van der Waals surface area (Å²) in [7, 11) is 0. The number of halogens is 1. The number of imidazole rings is 1. The molecule has 0 unspecified atom stereocenters. The first-order valence-electron chi connectivity index (χ1n) is 6.88. The second-order valence-corrected chi connectivity index (χ2v) is 6.22. The van der Waals surface area contributed by atoms with Crippen molar-refractivity contribution in [2.75, 3.05) is 19.8 Å². The molecule has 0 aliphatic carbocycles. The largest absolute Gasteiger partial charge is 0.461 e. The number of esters is 1. The van der Waals surface area contributed by atoms with E-state index < -0.39 is 11.8 Å². The molecule has 1 N–H and O–H groups in total. The van der Waals surface area contributed by atoms with Crippen LogP contribution in [0.25, 0.3) is 5.65 Å². The van der Waals surface area contributed by atoms with E-state index in [-0.39, 0.29) is 23.5 Å². The fourth-order valence-corrected chi connectivity index (χ4v) is 2.89. The van der Waals surface area contributed by atoms with Gasteiger partial charge >= 0.3 is 5.97 Å². The highest BCUT2D eigenvalue weighted by Crippen LogP contribution is 2.25. The van der Waals surface area contributed by atoms with Crippen molar-refractivity contribution in [3.63, 3.8) is 0 Å². The summed E-state index contributed by atoms with van der Waals surface area (Å²) >= 11 is 1.30. The molecule has 118 valence electrons.